The van der Waals surface area contributed by atoms with E-state index in [0.29, 0.717) is 4.90 Å². The predicted octanol–water partition coefficient (Wildman–Crippen LogP) is 0.145. The molecule has 0 fully saturated rings. The van der Waals surface area contributed by atoms with Crippen LogP contribution >= 0.6 is 0 Å². The summed E-state index contributed by atoms with van der Waals surface area (Å²) in [5, 5.41) is 19.0. The molecule has 6 N–H and O–H groups in total. The van der Waals surface area contributed by atoms with Crippen LogP contribution in [-0.4, -0.2) is 70.8 Å². The number of ether oxygens (including phenoxy) is 1. The maximum atomic E-state index is 13.2. The summed E-state index contributed by atoms with van der Waals surface area (Å²) in [4.78, 5) is 35.4. The van der Waals surface area contributed by atoms with E-state index < -0.39 is 54.5 Å². The molecule has 0 radical (unpaired) electrons. The highest BCUT2D eigenvalue weighted by atomic mass is 19.3. The molecule has 2 amide bonds. The van der Waals surface area contributed by atoms with Gasteiger partial charge in [0.05, 0.1) is 6.61 Å². The Balaban J connectivity index is 5.11. The lowest BCUT2D eigenvalue weighted by Gasteiger charge is -2.33. The summed E-state index contributed by atoms with van der Waals surface area (Å²) in [5.41, 5.74) is 6.70. The van der Waals surface area contributed by atoms with Gasteiger partial charge in [0.15, 0.2) is 5.54 Å². The van der Waals surface area contributed by atoms with Crippen LogP contribution in [0.4, 0.5) is 13.6 Å². The molecule has 0 spiro atoms. The van der Waals surface area contributed by atoms with Gasteiger partial charge in [0.25, 0.3) is 12.3 Å². The average Bonchev–Trinajstić information content (AvgIpc) is 2.56. The van der Waals surface area contributed by atoms with Gasteiger partial charge in [-0.3, -0.25) is 4.79 Å². The van der Waals surface area contributed by atoms with Crippen LogP contribution in [0.2, 0.25) is 0 Å². The average molecular weight is 383 g/mol. The molecule has 0 aromatic carbocycles. The molecule has 152 valence electrons. The van der Waals surface area contributed by atoms with Crippen LogP contribution in [0.5, 0.6) is 0 Å². The fourth-order valence-electron chi connectivity index (χ4n) is 2.03. The number of carbonyl (C=O) groups excluding carboxylic acids is 2. The van der Waals surface area contributed by atoms with Crippen LogP contribution in [0.15, 0.2) is 0 Å². The van der Waals surface area contributed by atoms with E-state index >= 15 is 0 Å². The third kappa shape index (κ3) is 5.85. The number of esters is 1. The van der Waals surface area contributed by atoms with Crippen molar-refractivity contribution in [3.63, 3.8) is 0 Å². The Hall–Kier alpha value is -1.85. The monoisotopic (exact) mass is 383 g/mol. The second kappa shape index (κ2) is 9.74. The minimum Gasteiger partial charge on any atom is -0.465 e. The first-order chi connectivity index (χ1) is 11.8. The van der Waals surface area contributed by atoms with Crippen molar-refractivity contribution < 1.29 is 38.1 Å². The van der Waals surface area contributed by atoms with E-state index in [4.69, 9.17) is 21.3 Å². The number of alkyl halides is 2. The summed E-state index contributed by atoms with van der Waals surface area (Å²) in [6.07, 6.45) is -6.91. The lowest BCUT2D eigenvalue weighted by molar-refractivity contribution is -0.166. The molecule has 0 saturated heterocycles. The lowest BCUT2D eigenvalue weighted by Crippen LogP contribution is -2.56. The number of nitrogens with two attached hydrogens (primary N) is 2. The van der Waals surface area contributed by atoms with E-state index in [2.05, 4.69) is 0 Å². The second-order valence-electron chi connectivity index (χ2n) is 6.57. The third-order valence-corrected chi connectivity index (χ3v) is 3.93. The van der Waals surface area contributed by atoms with Gasteiger partial charge in [-0.05, 0) is 26.3 Å². The normalized spacial score (nSPS) is 15.3. The number of nitrogens with zero attached hydrogens (tertiary/aromatic N) is 1. The van der Waals surface area contributed by atoms with Crippen molar-refractivity contribution in [1.82, 2.24) is 4.90 Å². The highest BCUT2D eigenvalue weighted by Gasteiger charge is 2.46. The summed E-state index contributed by atoms with van der Waals surface area (Å²) in [6, 6.07) is 0. The lowest BCUT2D eigenvalue weighted by atomic mass is 9.86. The van der Waals surface area contributed by atoms with Gasteiger partial charge in [-0.2, -0.15) is 0 Å². The second-order valence-corrected chi connectivity index (χ2v) is 6.57. The quantitative estimate of drug-likeness (QED) is 0.388. The number of aliphatic hydroxyl groups is 1. The Morgan fingerprint density at radius 2 is 1.81 bits per heavy atom. The van der Waals surface area contributed by atoms with Gasteiger partial charge >= 0.3 is 12.1 Å². The Kier molecular flexibility index (Phi) is 9.05. The molecule has 0 heterocycles. The smallest absolute Gasteiger partial charge is 0.414 e. The first-order valence-electron chi connectivity index (χ1n) is 8.01. The Morgan fingerprint density at radius 3 is 2.19 bits per heavy atom. The molecule has 2 unspecified atom stereocenters. The number of carboxylic acid groups (broad SMARTS) is 1. The van der Waals surface area contributed by atoms with E-state index in [1.54, 1.807) is 0 Å². The maximum Gasteiger partial charge on any atom is 0.414 e. The fourth-order valence-corrected chi connectivity index (χ4v) is 2.03. The molecule has 0 aliphatic rings. The van der Waals surface area contributed by atoms with Crippen molar-refractivity contribution in [2.45, 2.75) is 51.7 Å². The summed E-state index contributed by atoms with van der Waals surface area (Å²) in [7, 11) is 0. The van der Waals surface area contributed by atoms with E-state index in [9.17, 15) is 28.3 Å². The molecule has 0 saturated carbocycles. The molecule has 0 rings (SSSR count). The zero-order chi connectivity index (χ0) is 20.7. The van der Waals surface area contributed by atoms with Crippen LogP contribution in [0.1, 0.15) is 33.6 Å². The molecule has 11 heteroatoms. The highest BCUT2D eigenvalue weighted by Crippen LogP contribution is 2.26. The van der Waals surface area contributed by atoms with E-state index in [1.165, 1.54) is 20.8 Å². The number of amides is 2. The minimum atomic E-state index is -3.20. The minimum absolute atomic E-state index is 0.0553. The predicted molar refractivity (Wildman–Crippen MR) is 87.4 cm³/mol. The summed E-state index contributed by atoms with van der Waals surface area (Å²) in [5.74, 6) is -2.50. The molecule has 2 atom stereocenters. The number of halogens is 2. The Bertz CT molecular complexity index is 518. The van der Waals surface area contributed by atoms with Gasteiger partial charge in [-0.1, -0.05) is 13.8 Å². The summed E-state index contributed by atoms with van der Waals surface area (Å²) in [6.45, 7) is 3.27. The Morgan fingerprint density at radius 1 is 1.27 bits per heavy atom. The first-order valence-corrected chi connectivity index (χ1v) is 8.01. The number of imide groups is 1. The maximum absolute atomic E-state index is 13.2. The van der Waals surface area contributed by atoms with Crippen LogP contribution in [-0.2, 0) is 14.3 Å². The van der Waals surface area contributed by atoms with Gasteiger partial charge in [-0.25, -0.2) is 23.3 Å². The van der Waals surface area contributed by atoms with Gasteiger partial charge in [-0.15, -0.1) is 0 Å². The number of aliphatic hydroxyl groups excluding tert-OH is 1. The summed E-state index contributed by atoms with van der Waals surface area (Å²) >= 11 is 0. The van der Waals surface area contributed by atoms with Crippen molar-refractivity contribution in [3.05, 3.63) is 0 Å². The molecule has 26 heavy (non-hydrogen) atoms. The molecule has 0 bridgehead atoms. The van der Waals surface area contributed by atoms with Crippen molar-refractivity contribution in [2.24, 2.45) is 16.9 Å². The van der Waals surface area contributed by atoms with Crippen LogP contribution in [0, 0.1) is 5.41 Å². The molecule has 9 nitrogen and oxygen atoms in total. The number of hydrogen-bond donors (Lipinski definition) is 4. The molecule has 0 aliphatic carbocycles. The van der Waals surface area contributed by atoms with Gasteiger partial charge in [0.2, 0.25) is 0 Å². The number of likely N-dealkylation sites (N-methyl/N-ethyl adjacent to an activating group) is 1. The molecule has 0 aliphatic heterocycles. The van der Waals surface area contributed by atoms with Gasteiger partial charge in [0.1, 0.15) is 6.10 Å². The standard InChI is InChI=1S/C15H27F2N3O6/c1-4-20(13(24)25)10(22)9(21)14(2,3)8-26-12(23)15(19,11(16)17)6-5-7-18/h9,11,21H,4-8,18-19H2,1-3H3,(H,24,25). The van der Waals surface area contributed by atoms with Gasteiger partial charge in [0, 0.05) is 12.0 Å². The number of rotatable bonds is 10. The molecular weight excluding hydrogens is 356 g/mol. The van der Waals surface area contributed by atoms with Crippen molar-refractivity contribution in [1.29, 1.82) is 0 Å². The van der Waals surface area contributed by atoms with E-state index in [-0.39, 0.29) is 19.5 Å². The van der Waals surface area contributed by atoms with Crippen molar-refractivity contribution in [2.75, 3.05) is 19.7 Å². The van der Waals surface area contributed by atoms with Gasteiger partial charge < -0.3 is 26.4 Å². The first kappa shape index (κ1) is 24.1. The summed E-state index contributed by atoms with van der Waals surface area (Å²) < 4.78 is 31.1. The molecule has 0 aromatic rings. The number of hydrogen-bond acceptors (Lipinski definition) is 7. The third-order valence-electron chi connectivity index (χ3n) is 3.93. The zero-order valence-electron chi connectivity index (χ0n) is 15.1. The van der Waals surface area contributed by atoms with Crippen LogP contribution in [0.25, 0.3) is 0 Å². The van der Waals surface area contributed by atoms with E-state index in [0.717, 1.165) is 0 Å². The van der Waals surface area contributed by atoms with Crippen molar-refractivity contribution >= 4 is 18.0 Å². The van der Waals surface area contributed by atoms with Crippen LogP contribution in [0.3, 0.4) is 0 Å². The SMILES string of the molecule is CCN(C(=O)O)C(=O)C(O)C(C)(C)COC(=O)C(N)(CCCN)C(F)F. The highest BCUT2D eigenvalue weighted by molar-refractivity contribution is 5.94. The number of carbonyl (C=O) groups is 3. The molecule has 0 aromatic heterocycles. The fraction of sp³-hybridized carbons (Fsp3) is 0.800. The largest absolute Gasteiger partial charge is 0.465 e. The molecular formula is C15H27F2N3O6. The Labute approximate surface area is 150 Å². The van der Waals surface area contributed by atoms with E-state index in [1.807, 2.05) is 0 Å². The zero-order valence-corrected chi connectivity index (χ0v) is 15.1. The van der Waals surface area contributed by atoms with Crippen LogP contribution < -0.4 is 11.5 Å². The van der Waals surface area contributed by atoms with Crippen molar-refractivity contribution in [3.8, 4) is 0 Å². The topological polar surface area (TPSA) is 156 Å².